The molecule has 0 fully saturated rings. The van der Waals surface area contributed by atoms with E-state index in [2.05, 4.69) is 45.9 Å². The normalized spacial score (nSPS) is 14.2. The molecule has 0 unspecified atom stereocenters. The summed E-state index contributed by atoms with van der Waals surface area (Å²) in [4.78, 5) is 0. The largest absolute Gasteiger partial charge is 0.449 e. The van der Waals surface area contributed by atoms with Gasteiger partial charge >= 0.3 is 7.87 Å². The lowest BCUT2D eigenvalue weighted by Crippen LogP contribution is -2.49. The van der Waals surface area contributed by atoms with Crippen LogP contribution in [-0.4, -0.2) is 24.5 Å². The zero-order valence-corrected chi connectivity index (χ0v) is 13.7. The average molecular weight is 269 g/mol. The SMILES string of the molecule is C=C[Si](Cl)(O[Si](C)(C)C)O[Si](C)(C)C. The van der Waals surface area contributed by atoms with Gasteiger partial charge in [-0.2, -0.15) is 0 Å². The van der Waals surface area contributed by atoms with Crippen LogP contribution in [-0.2, 0) is 8.23 Å². The molecule has 0 radical (unpaired) electrons. The van der Waals surface area contributed by atoms with E-state index in [-0.39, 0.29) is 0 Å². The van der Waals surface area contributed by atoms with E-state index in [1.165, 1.54) is 0 Å². The third-order valence-corrected chi connectivity index (χ3v) is 10.6. The van der Waals surface area contributed by atoms with E-state index in [4.69, 9.17) is 19.3 Å². The van der Waals surface area contributed by atoms with E-state index in [1.54, 1.807) is 5.70 Å². The van der Waals surface area contributed by atoms with Gasteiger partial charge in [-0.3, -0.25) is 0 Å². The Balaban J connectivity index is 4.57. The fourth-order valence-corrected chi connectivity index (χ4v) is 13.0. The molecule has 2 nitrogen and oxygen atoms in total. The van der Waals surface area contributed by atoms with Gasteiger partial charge < -0.3 is 8.23 Å². The minimum absolute atomic E-state index is 1.66. The minimum atomic E-state index is -2.63. The molecule has 0 amide bonds. The third-order valence-electron chi connectivity index (χ3n) is 1.13. The first-order valence-electron chi connectivity index (χ1n) is 4.70. The van der Waals surface area contributed by atoms with Crippen molar-refractivity contribution in [2.24, 2.45) is 0 Å². The summed E-state index contributed by atoms with van der Waals surface area (Å²) < 4.78 is 11.8. The molecular weight excluding hydrogens is 248 g/mol. The summed E-state index contributed by atoms with van der Waals surface area (Å²) in [5, 5.41) is 0. The first kappa shape index (κ1) is 14.6. The van der Waals surface area contributed by atoms with E-state index in [9.17, 15) is 0 Å². The average Bonchev–Trinajstić information content (AvgIpc) is 1.78. The van der Waals surface area contributed by atoms with Crippen molar-refractivity contribution in [3.05, 3.63) is 12.3 Å². The smallest absolute Gasteiger partial charge is 0.423 e. The maximum absolute atomic E-state index is 6.34. The monoisotopic (exact) mass is 268 g/mol. The maximum atomic E-state index is 6.34. The topological polar surface area (TPSA) is 18.5 Å². The molecule has 0 atom stereocenters. The maximum Gasteiger partial charge on any atom is 0.449 e. The molecule has 0 aliphatic heterocycles. The van der Waals surface area contributed by atoms with E-state index >= 15 is 0 Å². The Morgan fingerprint density at radius 1 is 0.929 bits per heavy atom. The highest BCUT2D eigenvalue weighted by Crippen LogP contribution is 2.24. The summed E-state index contributed by atoms with van der Waals surface area (Å²) in [5.74, 6) is 0. The summed E-state index contributed by atoms with van der Waals surface area (Å²) in [6.45, 7) is 16.4. The van der Waals surface area contributed by atoms with Gasteiger partial charge in [-0.05, 0) is 45.0 Å². The highest BCUT2D eigenvalue weighted by Gasteiger charge is 2.41. The van der Waals surface area contributed by atoms with Crippen molar-refractivity contribution in [1.82, 2.24) is 0 Å². The van der Waals surface area contributed by atoms with Gasteiger partial charge in [0.05, 0.1) is 0 Å². The van der Waals surface area contributed by atoms with Crippen LogP contribution < -0.4 is 0 Å². The Morgan fingerprint density at radius 2 is 1.21 bits per heavy atom. The van der Waals surface area contributed by atoms with Gasteiger partial charge in [-0.15, -0.1) is 6.58 Å². The van der Waals surface area contributed by atoms with Gasteiger partial charge in [0.1, 0.15) is 0 Å². The summed E-state index contributed by atoms with van der Waals surface area (Å²) in [6.07, 6.45) is 0. The molecule has 6 heteroatoms. The summed E-state index contributed by atoms with van der Waals surface area (Å²) >= 11 is 6.34. The van der Waals surface area contributed by atoms with Gasteiger partial charge in [0.2, 0.25) is 0 Å². The molecule has 84 valence electrons. The van der Waals surface area contributed by atoms with Gasteiger partial charge in [-0.1, -0.05) is 11.1 Å². The van der Waals surface area contributed by atoms with Gasteiger partial charge in [-0.25, -0.2) is 0 Å². The first-order chi connectivity index (χ1) is 5.97. The molecule has 0 aromatic carbocycles. The zero-order valence-electron chi connectivity index (χ0n) is 9.98. The molecule has 0 saturated heterocycles. The lowest BCUT2D eigenvalue weighted by molar-refractivity contribution is 0.422. The second kappa shape index (κ2) is 4.63. The lowest BCUT2D eigenvalue weighted by atomic mass is 11.3. The van der Waals surface area contributed by atoms with Gasteiger partial charge in [0, 0.05) is 0 Å². The fraction of sp³-hybridized carbons (Fsp3) is 0.750. The van der Waals surface area contributed by atoms with E-state index < -0.39 is 24.5 Å². The Kier molecular flexibility index (Phi) is 4.83. The first-order valence-corrected chi connectivity index (χ1v) is 14.4. The Morgan fingerprint density at radius 3 is 1.36 bits per heavy atom. The Hall–Kier alpha value is 0.601. The predicted molar refractivity (Wildman–Crippen MR) is 70.7 cm³/mol. The van der Waals surface area contributed by atoms with E-state index in [0.29, 0.717) is 0 Å². The Labute approximate surface area is 95.5 Å². The molecule has 0 aromatic rings. The van der Waals surface area contributed by atoms with Crippen molar-refractivity contribution >= 4 is 35.6 Å². The van der Waals surface area contributed by atoms with E-state index in [1.807, 2.05) is 0 Å². The quantitative estimate of drug-likeness (QED) is 0.560. The Bertz CT molecular complexity index is 192. The standard InChI is InChI=1S/C8H21ClO2Si3/c1-8-14(9,10-12(2,3)4)11-13(5,6)7/h8H,1H2,2-7H3. The molecule has 0 rings (SSSR count). The van der Waals surface area contributed by atoms with Crippen molar-refractivity contribution in [2.45, 2.75) is 39.3 Å². The second-order valence-corrected chi connectivity index (χ2v) is 18.5. The molecule has 0 aliphatic rings. The van der Waals surface area contributed by atoms with Crippen LogP contribution in [0.5, 0.6) is 0 Å². The number of rotatable bonds is 5. The lowest BCUT2D eigenvalue weighted by Gasteiger charge is -2.33. The van der Waals surface area contributed by atoms with Crippen molar-refractivity contribution in [1.29, 1.82) is 0 Å². The van der Waals surface area contributed by atoms with Crippen LogP contribution >= 0.6 is 11.1 Å². The third kappa shape index (κ3) is 6.97. The number of hydrogen-bond donors (Lipinski definition) is 0. The molecule has 0 spiro atoms. The van der Waals surface area contributed by atoms with Crippen molar-refractivity contribution < 1.29 is 8.23 Å². The van der Waals surface area contributed by atoms with Crippen LogP contribution in [0.25, 0.3) is 0 Å². The molecule has 0 bridgehead atoms. The second-order valence-electron chi connectivity index (χ2n) is 5.22. The fourth-order valence-electron chi connectivity index (χ4n) is 0.939. The summed E-state index contributed by atoms with van der Waals surface area (Å²) in [6, 6.07) is 0. The van der Waals surface area contributed by atoms with Crippen LogP contribution in [0, 0.1) is 0 Å². The summed E-state index contributed by atoms with van der Waals surface area (Å²) in [5.41, 5.74) is 1.67. The molecular formula is C8H21ClO2Si3. The molecule has 0 heterocycles. The van der Waals surface area contributed by atoms with Crippen molar-refractivity contribution in [3.8, 4) is 0 Å². The van der Waals surface area contributed by atoms with Gasteiger partial charge in [0.15, 0.2) is 16.6 Å². The molecule has 0 N–H and O–H groups in total. The molecule has 0 aliphatic carbocycles. The van der Waals surface area contributed by atoms with Crippen LogP contribution in [0.2, 0.25) is 39.3 Å². The minimum Gasteiger partial charge on any atom is -0.423 e. The van der Waals surface area contributed by atoms with Crippen LogP contribution in [0.15, 0.2) is 12.3 Å². The zero-order chi connectivity index (χ0) is 11.6. The molecule has 0 saturated carbocycles. The van der Waals surface area contributed by atoms with Crippen LogP contribution in [0.3, 0.4) is 0 Å². The summed E-state index contributed by atoms with van der Waals surface area (Å²) in [7, 11) is -5.95. The molecule has 14 heavy (non-hydrogen) atoms. The van der Waals surface area contributed by atoms with Crippen molar-refractivity contribution in [2.75, 3.05) is 0 Å². The van der Waals surface area contributed by atoms with Crippen LogP contribution in [0.1, 0.15) is 0 Å². The predicted octanol–water partition coefficient (Wildman–Crippen LogP) is 3.59. The van der Waals surface area contributed by atoms with Crippen molar-refractivity contribution in [3.63, 3.8) is 0 Å². The van der Waals surface area contributed by atoms with Gasteiger partial charge in [0.25, 0.3) is 0 Å². The number of hydrogen-bond acceptors (Lipinski definition) is 2. The highest BCUT2D eigenvalue weighted by molar-refractivity contribution is 7.20. The number of halogens is 1. The molecule has 0 aromatic heterocycles. The van der Waals surface area contributed by atoms with Crippen LogP contribution in [0.4, 0.5) is 0 Å². The highest BCUT2D eigenvalue weighted by atomic mass is 35.6. The van der Waals surface area contributed by atoms with E-state index in [0.717, 1.165) is 0 Å².